The van der Waals surface area contributed by atoms with Gasteiger partial charge in [0.1, 0.15) is 6.04 Å². The summed E-state index contributed by atoms with van der Waals surface area (Å²) in [5, 5.41) is 9.00. The van der Waals surface area contributed by atoms with E-state index in [0.29, 0.717) is 6.42 Å². The zero-order chi connectivity index (χ0) is 14.3. The Bertz CT molecular complexity index is 351. The molecule has 0 spiro atoms. The molecule has 0 bridgehead atoms. The van der Waals surface area contributed by atoms with Gasteiger partial charge < -0.3 is 5.11 Å². The molecule has 0 amide bonds. The fourth-order valence-electron chi connectivity index (χ4n) is 1.89. The third kappa shape index (κ3) is 7.66. The van der Waals surface area contributed by atoms with Crippen molar-refractivity contribution in [3.8, 4) is 0 Å². The minimum absolute atomic E-state index is 0.0112. The molecule has 0 saturated heterocycles. The van der Waals surface area contributed by atoms with Crippen LogP contribution in [0.3, 0.4) is 0 Å². The Kier molecular flexibility index (Phi) is 7.47. The Morgan fingerprint density at radius 3 is 2.22 bits per heavy atom. The van der Waals surface area contributed by atoms with Gasteiger partial charge in [-0.2, -0.15) is 0 Å². The lowest BCUT2D eigenvalue weighted by atomic mass is 10.1. The number of aliphatic carboxylic acids is 1. The first-order valence-corrected chi connectivity index (χ1v) is 8.06. The lowest BCUT2D eigenvalue weighted by Gasteiger charge is -2.18. The molecular formula is C12H25NO4S. The smallest absolute Gasteiger partial charge is 0.321 e. The van der Waals surface area contributed by atoms with Crippen LogP contribution in [0.25, 0.3) is 0 Å². The fraction of sp³-hybridized carbons (Fsp3) is 0.917. The zero-order valence-electron chi connectivity index (χ0n) is 11.6. The van der Waals surface area contributed by atoms with Crippen molar-refractivity contribution in [1.82, 2.24) is 4.72 Å². The molecular weight excluding hydrogens is 254 g/mol. The molecule has 0 heterocycles. The SMILES string of the molecule is CCCC(C)CS(=O)(=O)N[C@H](CC(C)C)C(=O)O. The van der Waals surface area contributed by atoms with Gasteiger partial charge in [-0.25, -0.2) is 13.1 Å². The Labute approximate surface area is 110 Å². The van der Waals surface area contributed by atoms with Gasteiger partial charge in [-0.3, -0.25) is 4.79 Å². The maximum atomic E-state index is 11.8. The molecule has 0 aliphatic heterocycles. The molecule has 0 aliphatic carbocycles. The lowest BCUT2D eigenvalue weighted by molar-refractivity contribution is -0.139. The van der Waals surface area contributed by atoms with Crippen LogP contribution in [0.4, 0.5) is 0 Å². The van der Waals surface area contributed by atoms with E-state index in [2.05, 4.69) is 4.72 Å². The topological polar surface area (TPSA) is 83.5 Å². The van der Waals surface area contributed by atoms with Crippen LogP contribution in [0.2, 0.25) is 0 Å². The predicted molar refractivity (Wildman–Crippen MR) is 71.9 cm³/mol. The van der Waals surface area contributed by atoms with Gasteiger partial charge in [0, 0.05) is 0 Å². The second-order valence-electron chi connectivity index (χ2n) is 5.31. The summed E-state index contributed by atoms with van der Waals surface area (Å²) in [6.07, 6.45) is 2.05. The van der Waals surface area contributed by atoms with E-state index in [4.69, 9.17) is 5.11 Å². The quantitative estimate of drug-likeness (QED) is 0.674. The molecule has 0 fully saturated rings. The molecule has 5 nitrogen and oxygen atoms in total. The van der Waals surface area contributed by atoms with Crippen LogP contribution >= 0.6 is 0 Å². The summed E-state index contributed by atoms with van der Waals surface area (Å²) >= 11 is 0. The molecule has 0 saturated carbocycles. The van der Waals surface area contributed by atoms with E-state index in [0.717, 1.165) is 12.8 Å². The van der Waals surface area contributed by atoms with Gasteiger partial charge >= 0.3 is 5.97 Å². The van der Waals surface area contributed by atoms with Crippen molar-refractivity contribution < 1.29 is 18.3 Å². The van der Waals surface area contributed by atoms with Crippen LogP contribution in [0, 0.1) is 11.8 Å². The molecule has 2 N–H and O–H groups in total. The number of rotatable bonds is 9. The van der Waals surface area contributed by atoms with Gasteiger partial charge in [-0.1, -0.05) is 34.1 Å². The Hall–Kier alpha value is -0.620. The number of sulfonamides is 1. The third-order valence-corrected chi connectivity index (χ3v) is 4.26. The van der Waals surface area contributed by atoms with Gasteiger partial charge in [-0.05, 0) is 24.7 Å². The molecule has 2 atom stereocenters. The van der Waals surface area contributed by atoms with Crippen molar-refractivity contribution in [3.63, 3.8) is 0 Å². The van der Waals surface area contributed by atoms with E-state index >= 15 is 0 Å². The molecule has 0 aliphatic rings. The molecule has 0 rings (SSSR count). The van der Waals surface area contributed by atoms with Crippen molar-refractivity contribution in [2.45, 2.75) is 53.0 Å². The van der Waals surface area contributed by atoms with Crippen molar-refractivity contribution >= 4 is 16.0 Å². The van der Waals surface area contributed by atoms with Crippen LogP contribution in [-0.4, -0.2) is 31.3 Å². The maximum absolute atomic E-state index is 11.8. The molecule has 108 valence electrons. The molecule has 18 heavy (non-hydrogen) atoms. The van der Waals surface area contributed by atoms with Crippen molar-refractivity contribution in [2.24, 2.45) is 11.8 Å². The number of carboxylic acid groups (broad SMARTS) is 1. The van der Waals surface area contributed by atoms with Crippen LogP contribution < -0.4 is 4.72 Å². The molecule has 0 radical (unpaired) electrons. The number of hydrogen-bond acceptors (Lipinski definition) is 3. The van der Waals surface area contributed by atoms with E-state index in [1.807, 2.05) is 27.7 Å². The largest absolute Gasteiger partial charge is 0.480 e. The number of carbonyl (C=O) groups is 1. The summed E-state index contributed by atoms with van der Waals surface area (Å²) in [6, 6.07) is -1.02. The Morgan fingerprint density at radius 1 is 1.28 bits per heavy atom. The van der Waals surface area contributed by atoms with E-state index < -0.39 is 22.0 Å². The molecule has 6 heteroatoms. The first-order valence-electron chi connectivity index (χ1n) is 6.40. The highest BCUT2D eigenvalue weighted by Gasteiger charge is 2.25. The lowest BCUT2D eigenvalue weighted by Crippen LogP contribution is -2.43. The first kappa shape index (κ1) is 17.4. The number of nitrogens with one attached hydrogen (secondary N) is 1. The van der Waals surface area contributed by atoms with Gasteiger partial charge in [0.2, 0.25) is 10.0 Å². The maximum Gasteiger partial charge on any atom is 0.321 e. The number of hydrogen-bond donors (Lipinski definition) is 2. The van der Waals surface area contributed by atoms with Crippen LogP contribution in [0.5, 0.6) is 0 Å². The standard InChI is InChI=1S/C12H25NO4S/c1-5-6-10(4)8-18(16,17)13-11(12(14)15)7-9(2)3/h9-11,13H,5-8H2,1-4H3,(H,14,15)/t10?,11-/m1/s1. The van der Waals surface area contributed by atoms with Crippen LogP contribution in [-0.2, 0) is 14.8 Å². The van der Waals surface area contributed by atoms with E-state index in [9.17, 15) is 13.2 Å². The van der Waals surface area contributed by atoms with Gasteiger partial charge in [-0.15, -0.1) is 0 Å². The summed E-state index contributed by atoms with van der Waals surface area (Å²) in [6.45, 7) is 7.59. The van der Waals surface area contributed by atoms with E-state index in [1.54, 1.807) is 0 Å². The molecule has 0 aromatic heterocycles. The first-order chi connectivity index (χ1) is 8.18. The second kappa shape index (κ2) is 7.74. The van der Waals surface area contributed by atoms with Crippen molar-refractivity contribution in [1.29, 1.82) is 0 Å². The Balaban J connectivity index is 4.56. The second-order valence-corrected chi connectivity index (χ2v) is 7.11. The van der Waals surface area contributed by atoms with E-state index in [1.165, 1.54) is 0 Å². The predicted octanol–water partition coefficient (Wildman–Crippen LogP) is 1.84. The fourth-order valence-corrected chi connectivity index (χ4v) is 3.53. The molecule has 0 aromatic rings. The van der Waals surface area contributed by atoms with Gasteiger partial charge in [0.15, 0.2) is 0 Å². The average Bonchev–Trinajstić information content (AvgIpc) is 2.14. The summed E-state index contributed by atoms with van der Waals surface area (Å²) in [5.74, 6) is -0.957. The molecule has 1 unspecified atom stereocenters. The molecule has 0 aromatic carbocycles. The highest BCUT2D eigenvalue weighted by Crippen LogP contribution is 2.10. The van der Waals surface area contributed by atoms with Gasteiger partial charge in [0.25, 0.3) is 0 Å². The summed E-state index contributed by atoms with van der Waals surface area (Å²) in [4.78, 5) is 11.0. The summed E-state index contributed by atoms with van der Waals surface area (Å²) in [5.41, 5.74) is 0. The average molecular weight is 279 g/mol. The minimum Gasteiger partial charge on any atom is -0.480 e. The highest BCUT2D eigenvalue weighted by atomic mass is 32.2. The number of carboxylic acids is 1. The Morgan fingerprint density at radius 2 is 1.83 bits per heavy atom. The van der Waals surface area contributed by atoms with Crippen molar-refractivity contribution in [3.05, 3.63) is 0 Å². The minimum atomic E-state index is -3.52. The normalized spacial score (nSPS) is 15.6. The van der Waals surface area contributed by atoms with Gasteiger partial charge in [0.05, 0.1) is 5.75 Å². The highest BCUT2D eigenvalue weighted by molar-refractivity contribution is 7.89. The zero-order valence-corrected chi connectivity index (χ0v) is 12.5. The van der Waals surface area contributed by atoms with E-state index in [-0.39, 0.29) is 17.6 Å². The van der Waals surface area contributed by atoms with Crippen molar-refractivity contribution in [2.75, 3.05) is 5.75 Å². The summed E-state index contributed by atoms with van der Waals surface area (Å²) in [7, 11) is -3.52. The third-order valence-electron chi connectivity index (χ3n) is 2.61. The van der Waals surface area contributed by atoms with Crippen LogP contribution in [0.15, 0.2) is 0 Å². The van der Waals surface area contributed by atoms with Crippen LogP contribution in [0.1, 0.15) is 47.0 Å². The summed E-state index contributed by atoms with van der Waals surface area (Å²) < 4.78 is 26.0. The monoisotopic (exact) mass is 279 g/mol.